The number of rotatable bonds is 5. The minimum atomic E-state index is 0.460. The Morgan fingerprint density at radius 2 is 2.32 bits per heavy atom. The standard InChI is InChI=1S/C16H28N4OS/c1-12(20-7-8-21-11-13(20)2)9-18-16(17-4)19-10-15-6-5-14(3)22-15/h5-6,12-13H,7-11H2,1-4H3,(H2,17,18,19). The zero-order valence-corrected chi connectivity index (χ0v) is 14.9. The maximum Gasteiger partial charge on any atom is 0.191 e. The maximum atomic E-state index is 5.50. The minimum absolute atomic E-state index is 0.460. The molecule has 1 aromatic heterocycles. The maximum absolute atomic E-state index is 5.50. The van der Waals surface area contributed by atoms with Crippen LogP contribution >= 0.6 is 11.3 Å². The van der Waals surface area contributed by atoms with Gasteiger partial charge in [-0.25, -0.2) is 0 Å². The molecule has 1 fully saturated rings. The van der Waals surface area contributed by atoms with Gasteiger partial charge in [0.2, 0.25) is 0 Å². The summed E-state index contributed by atoms with van der Waals surface area (Å²) < 4.78 is 5.50. The van der Waals surface area contributed by atoms with Crippen LogP contribution in [0.1, 0.15) is 23.6 Å². The summed E-state index contributed by atoms with van der Waals surface area (Å²) >= 11 is 1.82. The normalized spacial score (nSPS) is 21.6. The molecule has 0 spiro atoms. The predicted octanol–water partition coefficient (Wildman–Crippen LogP) is 1.83. The highest BCUT2D eigenvalue weighted by atomic mass is 32.1. The highest BCUT2D eigenvalue weighted by Gasteiger charge is 2.23. The topological polar surface area (TPSA) is 48.9 Å². The molecule has 0 bridgehead atoms. The Balaban J connectivity index is 1.75. The largest absolute Gasteiger partial charge is 0.379 e. The number of aryl methyl sites for hydroxylation is 1. The summed E-state index contributed by atoms with van der Waals surface area (Å²) in [4.78, 5) is 9.47. The van der Waals surface area contributed by atoms with E-state index in [4.69, 9.17) is 4.74 Å². The summed E-state index contributed by atoms with van der Waals surface area (Å²) in [6, 6.07) is 5.26. The van der Waals surface area contributed by atoms with Crippen LogP contribution < -0.4 is 10.6 Å². The van der Waals surface area contributed by atoms with Crippen molar-refractivity contribution in [3.05, 3.63) is 21.9 Å². The van der Waals surface area contributed by atoms with E-state index in [0.29, 0.717) is 12.1 Å². The molecule has 2 N–H and O–H groups in total. The molecule has 1 aliphatic heterocycles. The van der Waals surface area contributed by atoms with Gasteiger partial charge in [0, 0.05) is 42.0 Å². The number of nitrogens with one attached hydrogen (secondary N) is 2. The van der Waals surface area contributed by atoms with E-state index in [1.54, 1.807) is 0 Å². The Bertz CT molecular complexity index is 488. The van der Waals surface area contributed by atoms with Gasteiger partial charge in [-0.2, -0.15) is 0 Å². The first-order chi connectivity index (χ1) is 10.6. The molecule has 1 aliphatic rings. The number of aliphatic imine (C=N–C) groups is 1. The molecule has 124 valence electrons. The Morgan fingerprint density at radius 3 is 2.95 bits per heavy atom. The third-order valence-corrected chi connectivity index (χ3v) is 5.00. The number of morpholine rings is 1. The van der Waals surface area contributed by atoms with Crippen molar-refractivity contribution in [3.8, 4) is 0 Å². The Kier molecular flexibility index (Phi) is 6.67. The minimum Gasteiger partial charge on any atom is -0.379 e. The van der Waals surface area contributed by atoms with Gasteiger partial charge in [0.05, 0.1) is 19.8 Å². The van der Waals surface area contributed by atoms with Gasteiger partial charge in [0.25, 0.3) is 0 Å². The van der Waals surface area contributed by atoms with Crippen LogP contribution in [-0.2, 0) is 11.3 Å². The van der Waals surface area contributed by atoms with Crippen molar-refractivity contribution in [1.29, 1.82) is 0 Å². The van der Waals surface area contributed by atoms with Crippen molar-refractivity contribution in [1.82, 2.24) is 15.5 Å². The zero-order valence-electron chi connectivity index (χ0n) is 14.1. The van der Waals surface area contributed by atoms with Crippen molar-refractivity contribution in [2.75, 3.05) is 33.4 Å². The Hall–Kier alpha value is -1.11. The molecule has 0 aromatic carbocycles. The van der Waals surface area contributed by atoms with E-state index >= 15 is 0 Å². The fourth-order valence-corrected chi connectivity index (χ4v) is 3.56. The van der Waals surface area contributed by atoms with Crippen molar-refractivity contribution >= 4 is 17.3 Å². The summed E-state index contributed by atoms with van der Waals surface area (Å²) in [5.74, 6) is 0.860. The van der Waals surface area contributed by atoms with Gasteiger partial charge in [0.15, 0.2) is 5.96 Å². The third-order valence-electron chi connectivity index (χ3n) is 4.00. The second-order valence-electron chi connectivity index (χ2n) is 5.83. The smallest absolute Gasteiger partial charge is 0.191 e. The molecular formula is C16H28N4OS. The monoisotopic (exact) mass is 324 g/mol. The molecule has 22 heavy (non-hydrogen) atoms. The number of hydrogen-bond acceptors (Lipinski definition) is 4. The Morgan fingerprint density at radius 1 is 1.50 bits per heavy atom. The highest BCUT2D eigenvalue weighted by Crippen LogP contribution is 2.14. The quantitative estimate of drug-likeness (QED) is 0.641. The van der Waals surface area contributed by atoms with Crippen LogP contribution in [0.2, 0.25) is 0 Å². The molecule has 6 heteroatoms. The lowest BCUT2D eigenvalue weighted by atomic mass is 10.2. The van der Waals surface area contributed by atoms with E-state index in [-0.39, 0.29) is 0 Å². The van der Waals surface area contributed by atoms with Crippen molar-refractivity contribution in [3.63, 3.8) is 0 Å². The lowest BCUT2D eigenvalue weighted by molar-refractivity contribution is -0.0174. The molecule has 2 unspecified atom stereocenters. The first-order valence-electron chi connectivity index (χ1n) is 7.93. The highest BCUT2D eigenvalue weighted by molar-refractivity contribution is 7.11. The van der Waals surface area contributed by atoms with E-state index in [1.807, 2.05) is 18.4 Å². The summed E-state index contributed by atoms with van der Waals surface area (Å²) in [5.41, 5.74) is 0. The van der Waals surface area contributed by atoms with Crippen LogP contribution in [0, 0.1) is 6.92 Å². The SMILES string of the molecule is CN=C(NCc1ccc(C)s1)NCC(C)N1CCOCC1C. The average Bonchev–Trinajstić information content (AvgIpc) is 2.93. The van der Waals surface area contributed by atoms with Gasteiger partial charge in [-0.05, 0) is 32.9 Å². The number of hydrogen-bond donors (Lipinski definition) is 2. The summed E-state index contributed by atoms with van der Waals surface area (Å²) in [6.45, 7) is 11.0. The van der Waals surface area contributed by atoms with Crippen molar-refractivity contribution in [2.24, 2.45) is 4.99 Å². The molecule has 5 nitrogen and oxygen atoms in total. The van der Waals surface area contributed by atoms with E-state index < -0.39 is 0 Å². The van der Waals surface area contributed by atoms with Gasteiger partial charge in [-0.3, -0.25) is 9.89 Å². The second-order valence-corrected chi connectivity index (χ2v) is 7.20. The van der Waals surface area contributed by atoms with E-state index in [2.05, 4.69) is 53.4 Å². The van der Waals surface area contributed by atoms with E-state index in [1.165, 1.54) is 9.75 Å². The molecule has 2 rings (SSSR count). The van der Waals surface area contributed by atoms with Gasteiger partial charge >= 0.3 is 0 Å². The summed E-state index contributed by atoms with van der Waals surface area (Å²) in [7, 11) is 1.82. The number of thiophene rings is 1. The lowest BCUT2D eigenvalue weighted by Gasteiger charge is -2.38. The zero-order chi connectivity index (χ0) is 15.9. The first kappa shape index (κ1) is 17.2. The molecule has 0 radical (unpaired) electrons. The van der Waals surface area contributed by atoms with Gasteiger partial charge in [0.1, 0.15) is 0 Å². The van der Waals surface area contributed by atoms with Gasteiger partial charge in [-0.15, -0.1) is 11.3 Å². The molecule has 0 aliphatic carbocycles. The number of guanidine groups is 1. The van der Waals surface area contributed by atoms with Gasteiger partial charge in [-0.1, -0.05) is 0 Å². The third kappa shape index (κ3) is 4.97. The van der Waals surface area contributed by atoms with Crippen LogP contribution in [0.25, 0.3) is 0 Å². The van der Waals surface area contributed by atoms with Crippen LogP contribution in [-0.4, -0.2) is 56.3 Å². The molecule has 2 heterocycles. The van der Waals surface area contributed by atoms with Crippen LogP contribution in [0.3, 0.4) is 0 Å². The van der Waals surface area contributed by atoms with Crippen molar-refractivity contribution < 1.29 is 4.74 Å². The molecule has 2 atom stereocenters. The molecule has 0 saturated carbocycles. The molecule has 1 aromatic rings. The Labute approximate surface area is 137 Å². The lowest BCUT2D eigenvalue weighted by Crippen LogP contribution is -2.52. The fourth-order valence-electron chi connectivity index (χ4n) is 2.73. The van der Waals surface area contributed by atoms with Crippen LogP contribution in [0.4, 0.5) is 0 Å². The second kappa shape index (κ2) is 8.50. The van der Waals surface area contributed by atoms with Crippen LogP contribution in [0.5, 0.6) is 0 Å². The molecular weight excluding hydrogens is 296 g/mol. The van der Waals surface area contributed by atoms with Gasteiger partial charge < -0.3 is 15.4 Å². The van der Waals surface area contributed by atoms with E-state index in [9.17, 15) is 0 Å². The number of ether oxygens (including phenoxy) is 1. The predicted molar refractivity (Wildman–Crippen MR) is 93.7 cm³/mol. The molecule has 1 saturated heterocycles. The summed E-state index contributed by atoms with van der Waals surface area (Å²) in [5, 5.41) is 6.80. The molecule has 0 amide bonds. The fraction of sp³-hybridized carbons (Fsp3) is 0.688. The summed E-state index contributed by atoms with van der Waals surface area (Å²) in [6.07, 6.45) is 0. The van der Waals surface area contributed by atoms with Crippen molar-refractivity contribution in [2.45, 2.75) is 39.4 Å². The average molecular weight is 324 g/mol. The first-order valence-corrected chi connectivity index (χ1v) is 8.75. The van der Waals surface area contributed by atoms with E-state index in [0.717, 1.165) is 38.8 Å². The number of nitrogens with zero attached hydrogens (tertiary/aromatic N) is 2. The van der Waals surface area contributed by atoms with Crippen LogP contribution in [0.15, 0.2) is 17.1 Å².